The minimum atomic E-state index is 0.507. The van der Waals surface area contributed by atoms with Gasteiger partial charge < -0.3 is 15.2 Å². The number of aryl methyl sites for hydroxylation is 1. The van der Waals surface area contributed by atoms with Crippen molar-refractivity contribution >= 4 is 0 Å². The topological polar surface area (TPSA) is 44.5 Å². The Morgan fingerprint density at radius 2 is 2.14 bits per heavy atom. The number of nitrogens with two attached hydrogens (primary N) is 1. The molecule has 110 valence electrons. The fourth-order valence-corrected chi connectivity index (χ4v) is 2.75. The molecule has 0 unspecified atom stereocenters. The first-order chi connectivity index (χ1) is 10.3. The first kappa shape index (κ1) is 14.0. The summed E-state index contributed by atoms with van der Waals surface area (Å²) in [6.07, 6.45) is 1.91. The Hall–Kier alpha value is -2.00. The van der Waals surface area contributed by atoms with Gasteiger partial charge in [0.05, 0.1) is 13.2 Å². The van der Waals surface area contributed by atoms with Gasteiger partial charge in [-0.2, -0.15) is 0 Å². The van der Waals surface area contributed by atoms with E-state index in [2.05, 4.69) is 31.2 Å². The Bertz CT molecular complexity index is 637. The smallest absolute Gasteiger partial charge is 0.126 e. The van der Waals surface area contributed by atoms with E-state index in [0.29, 0.717) is 13.2 Å². The number of benzene rings is 2. The third-order valence-corrected chi connectivity index (χ3v) is 3.90. The van der Waals surface area contributed by atoms with Crippen molar-refractivity contribution in [3.8, 4) is 11.5 Å². The first-order valence-corrected chi connectivity index (χ1v) is 7.44. The largest absolute Gasteiger partial charge is 0.493 e. The Kier molecular flexibility index (Phi) is 4.11. The number of rotatable bonds is 5. The molecule has 0 aromatic heterocycles. The lowest BCUT2D eigenvalue weighted by Gasteiger charge is -2.13. The average Bonchev–Trinajstić information content (AvgIpc) is 2.96. The van der Waals surface area contributed by atoms with Gasteiger partial charge in [-0.15, -0.1) is 0 Å². The molecule has 0 bridgehead atoms. The van der Waals surface area contributed by atoms with Crippen molar-refractivity contribution < 1.29 is 9.47 Å². The van der Waals surface area contributed by atoms with E-state index in [-0.39, 0.29) is 0 Å². The molecule has 3 nitrogen and oxygen atoms in total. The molecule has 1 aliphatic rings. The van der Waals surface area contributed by atoms with Gasteiger partial charge in [-0.3, -0.25) is 0 Å². The summed E-state index contributed by atoms with van der Waals surface area (Å²) in [6, 6.07) is 12.5. The van der Waals surface area contributed by atoms with E-state index in [9.17, 15) is 0 Å². The highest BCUT2D eigenvalue weighted by molar-refractivity contribution is 5.41. The maximum atomic E-state index is 5.97. The monoisotopic (exact) mass is 283 g/mol. The van der Waals surface area contributed by atoms with Gasteiger partial charge in [0.25, 0.3) is 0 Å². The number of ether oxygens (including phenoxy) is 2. The first-order valence-electron chi connectivity index (χ1n) is 7.44. The second-order valence-corrected chi connectivity index (χ2v) is 5.41. The van der Waals surface area contributed by atoms with Crippen molar-refractivity contribution in [2.45, 2.75) is 26.3 Å². The minimum Gasteiger partial charge on any atom is -0.493 e. The second kappa shape index (κ2) is 6.19. The number of para-hydroxylation sites is 1. The lowest BCUT2D eigenvalue weighted by atomic mass is 10.1. The molecule has 2 aromatic rings. The van der Waals surface area contributed by atoms with E-state index >= 15 is 0 Å². The van der Waals surface area contributed by atoms with Crippen LogP contribution in [0.2, 0.25) is 0 Å². The van der Waals surface area contributed by atoms with Crippen LogP contribution >= 0.6 is 0 Å². The quantitative estimate of drug-likeness (QED) is 0.917. The zero-order valence-electron chi connectivity index (χ0n) is 12.4. The molecule has 1 aliphatic heterocycles. The zero-order valence-corrected chi connectivity index (χ0v) is 12.4. The van der Waals surface area contributed by atoms with Gasteiger partial charge >= 0.3 is 0 Å². The van der Waals surface area contributed by atoms with E-state index in [0.717, 1.165) is 42.1 Å². The predicted molar refractivity (Wildman–Crippen MR) is 83.9 cm³/mol. The molecule has 0 aliphatic carbocycles. The number of hydrogen-bond donors (Lipinski definition) is 1. The summed E-state index contributed by atoms with van der Waals surface area (Å²) in [4.78, 5) is 0. The summed E-state index contributed by atoms with van der Waals surface area (Å²) in [7, 11) is 0. The fraction of sp³-hybridized carbons (Fsp3) is 0.333. The van der Waals surface area contributed by atoms with Crippen LogP contribution in [-0.4, -0.2) is 13.2 Å². The Balaban J connectivity index is 1.64. The molecular weight excluding hydrogens is 262 g/mol. The van der Waals surface area contributed by atoms with Crippen LogP contribution in [0.25, 0.3) is 0 Å². The highest BCUT2D eigenvalue weighted by atomic mass is 16.5. The lowest BCUT2D eigenvalue weighted by molar-refractivity contribution is 0.316. The molecule has 0 saturated carbocycles. The Morgan fingerprint density at radius 3 is 3.00 bits per heavy atom. The van der Waals surface area contributed by atoms with Crippen LogP contribution in [0.3, 0.4) is 0 Å². The molecule has 0 radical (unpaired) electrons. The third kappa shape index (κ3) is 3.03. The summed E-state index contributed by atoms with van der Waals surface area (Å²) in [5.41, 5.74) is 10.6. The van der Waals surface area contributed by atoms with Crippen molar-refractivity contribution in [3.05, 3.63) is 58.7 Å². The van der Waals surface area contributed by atoms with Gasteiger partial charge in [0, 0.05) is 24.9 Å². The average molecular weight is 283 g/mol. The van der Waals surface area contributed by atoms with E-state index in [4.69, 9.17) is 15.2 Å². The zero-order chi connectivity index (χ0) is 14.7. The lowest BCUT2D eigenvalue weighted by Crippen LogP contribution is -2.07. The maximum Gasteiger partial charge on any atom is 0.126 e. The number of hydrogen-bond acceptors (Lipinski definition) is 3. The summed E-state index contributed by atoms with van der Waals surface area (Å²) >= 11 is 0. The fourth-order valence-electron chi connectivity index (χ4n) is 2.75. The van der Waals surface area contributed by atoms with Crippen LogP contribution < -0.4 is 15.2 Å². The molecule has 0 atom stereocenters. The molecule has 0 saturated heterocycles. The van der Waals surface area contributed by atoms with Crippen LogP contribution in [-0.2, 0) is 19.4 Å². The highest BCUT2D eigenvalue weighted by Crippen LogP contribution is 2.26. The molecular formula is C18H21NO2. The van der Waals surface area contributed by atoms with Crippen LogP contribution in [0.1, 0.15) is 22.3 Å². The molecule has 21 heavy (non-hydrogen) atoms. The van der Waals surface area contributed by atoms with Crippen LogP contribution in [0.4, 0.5) is 0 Å². The van der Waals surface area contributed by atoms with Crippen molar-refractivity contribution in [1.29, 1.82) is 0 Å². The molecule has 0 spiro atoms. The minimum absolute atomic E-state index is 0.507. The SMILES string of the molecule is Cc1cccc(CN)c1OCCc1ccc2c(c1)CCO2. The highest BCUT2D eigenvalue weighted by Gasteiger charge is 2.12. The van der Waals surface area contributed by atoms with Crippen LogP contribution in [0, 0.1) is 6.92 Å². The van der Waals surface area contributed by atoms with Gasteiger partial charge in [0.1, 0.15) is 11.5 Å². The van der Waals surface area contributed by atoms with Crippen LogP contribution in [0.15, 0.2) is 36.4 Å². The van der Waals surface area contributed by atoms with Crippen molar-refractivity contribution in [2.24, 2.45) is 5.73 Å². The maximum absolute atomic E-state index is 5.97. The van der Waals surface area contributed by atoms with Crippen molar-refractivity contribution in [1.82, 2.24) is 0 Å². The molecule has 1 heterocycles. The van der Waals surface area contributed by atoms with Gasteiger partial charge in [0.2, 0.25) is 0 Å². The van der Waals surface area contributed by atoms with Gasteiger partial charge in [0.15, 0.2) is 0 Å². The van der Waals surface area contributed by atoms with Gasteiger partial charge in [-0.25, -0.2) is 0 Å². The molecule has 3 heteroatoms. The molecule has 3 rings (SSSR count). The molecule has 0 amide bonds. The van der Waals surface area contributed by atoms with E-state index < -0.39 is 0 Å². The van der Waals surface area contributed by atoms with E-state index in [1.165, 1.54) is 11.1 Å². The second-order valence-electron chi connectivity index (χ2n) is 5.41. The van der Waals surface area contributed by atoms with E-state index in [1.807, 2.05) is 12.1 Å². The summed E-state index contributed by atoms with van der Waals surface area (Å²) in [6.45, 7) is 4.03. The summed E-state index contributed by atoms with van der Waals surface area (Å²) < 4.78 is 11.5. The number of fused-ring (bicyclic) bond motifs is 1. The van der Waals surface area contributed by atoms with Crippen LogP contribution in [0.5, 0.6) is 11.5 Å². The molecule has 2 aromatic carbocycles. The Labute approximate surface area is 125 Å². The Morgan fingerprint density at radius 1 is 1.24 bits per heavy atom. The van der Waals surface area contributed by atoms with Gasteiger partial charge in [-0.1, -0.05) is 30.3 Å². The standard InChI is InChI=1S/C18H21NO2/c1-13-3-2-4-16(12-19)18(13)21-9-7-14-5-6-17-15(11-14)8-10-20-17/h2-6,11H,7-10,12,19H2,1H3. The molecule has 0 fully saturated rings. The third-order valence-electron chi connectivity index (χ3n) is 3.90. The van der Waals surface area contributed by atoms with Crippen molar-refractivity contribution in [2.75, 3.05) is 13.2 Å². The summed E-state index contributed by atoms with van der Waals surface area (Å²) in [5.74, 6) is 1.97. The molecule has 2 N–H and O–H groups in total. The predicted octanol–water partition coefficient (Wildman–Crippen LogP) is 3.01. The van der Waals surface area contributed by atoms with E-state index in [1.54, 1.807) is 0 Å². The normalized spacial score (nSPS) is 12.9. The summed E-state index contributed by atoms with van der Waals surface area (Å²) in [5, 5.41) is 0. The van der Waals surface area contributed by atoms with Crippen molar-refractivity contribution in [3.63, 3.8) is 0 Å². The van der Waals surface area contributed by atoms with Gasteiger partial charge in [-0.05, 0) is 29.7 Å².